The van der Waals surface area contributed by atoms with E-state index in [1.54, 1.807) is 24.3 Å². The zero-order chi connectivity index (χ0) is 16.7. The first-order valence-corrected chi connectivity index (χ1v) is 7.69. The molecular weight excluding hydrogens is 302 g/mol. The van der Waals surface area contributed by atoms with Gasteiger partial charge in [0.15, 0.2) is 0 Å². The minimum Gasteiger partial charge on any atom is -0.361 e. The molecule has 5 heteroatoms. The Balaban J connectivity index is 1.64. The van der Waals surface area contributed by atoms with E-state index in [-0.39, 0.29) is 17.7 Å². The lowest BCUT2D eigenvalue weighted by Crippen LogP contribution is -2.32. The number of benzene rings is 1. The number of hydrogen-bond donors (Lipinski definition) is 2. The lowest BCUT2D eigenvalue weighted by molar-refractivity contribution is -0.116. The van der Waals surface area contributed by atoms with Crippen LogP contribution in [-0.4, -0.2) is 22.5 Å². The molecule has 1 aromatic carbocycles. The first kappa shape index (κ1) is 14.4. The molecular formula is C19H15N3O2. The standard InChI is InChI=1S/C19H15N3O2/c1-11-8-18(23)22-17-10-14(4-5-15(11)17)21-19(24)13-3-2-12-6-7-20-16(12)9-13/h2-10,15,20H,1H3,(H,22,23). The summed E-state index contributed by atoms with van der Waals surface area (Å²) in [7, 11) is 0. The van der Waals surface area contributed by atoms with Crippen LogP contribution in [0.5, 0.6) is 0 Å². The quantitative estimate of drug-likeness (QED) is 0.848. The van der Waals surface area contributed by atoms with Crippen molar-refractivity contribution < 1.29 is 9.59 Å². The number of aliphatic imine (C=N–C) groups is 1. The van der Waals surface area contributed by atoms with E-state index in [0.29, 0.717) is 11.3 Å². The number of carbonyl (C=O) groups excluding carboxylic acids is 2. The third-order valence-electron chi connectivity index (χ3n) is 4.25. The lowest BCUT2D eigenvalue weighted by atomic mass is 9.89. The van der Waals surface area contributed by atoms with Gasteiger partial charge < -0.3 is 10.3 Å². The van der Waals surface area contributed by atoms with E-state index >= 15 is 0 Å². The first-order chi connectivity index (χ1) is 11.6. The normalized spacial score (nSPS) is 21.3. The van der Waals surface area contributed by atoms with Crippen LogP contribution in [0, 0.1) is 5.92 Å². The Labute approximate surface area is 138 Å². The van der Waals surface area contributed by atoms with Gasteiger partial charge in [0.05, 0.1) is 5.71 Å². The summed E-state index contributed by atoms with van der Waals surface area (Å²) < 4.78 is 0. The number of amides is 2. The van der Waals surface area contributed by atoms with Gasteiger partial charge in [-0.25, -0.2) is 4.99 Å². The highest BCUT2D eigenvalue weighted by atomic mass is 16.2. The maximum atomic E-state index is 12.4. The highest BCUT2D eigenvalue weighted by Gasteiger charge is 2.24. The summed E-state index contributed by atoms with van der Waals surface area (Å²) >= 11 is 0. The minimum atomic E-state index is -0.309. The number of nitrogens with zero attached hydrogens (tertiary/aromatic N) is 1. The summed E-state index contributed by atoms with van der Waals surface area (Å²) in [6, 6.07) is 7.39. The van der Waals surface area contributed by atoms with E-state index in [2.05, 4.69) is 15.3 Å². The number of nitrogens with one attached hydrogen (secondary N) is 2. The average Bonchev–Trinajstić information content (AvgIpc) is 3.01. The number of H-pyrrole nitrogens is 1. The fraction of sp³-hybridized carbons (Fsp3) is 0.105. The van der Waals surface area contributed by atoms with Gasteiger partial charge in [0.25, 0.3) is 5.91 Å². The van der Waals surface area contributed by atoms with Crippen LogP contribution in [-0.2, 0) is 4.79 Å². The third kappa shape index (κ3) is 2.50. The number of rotatable bonds is 1. The molecule has 2 heterocycles. The number of carbonyl (C=O) groups is 2. The molecule has 0 spiro atoms. The average molecular weight is 317 g/mol. The number of aromatic amines is 1. The fourth-order valence-electron chi connectivity index (χ4n) is 3.01. The van der Waals surface area contributed by atoms with Crippen molar-refractivity contribution in [2.45, 2.75) is 6.92 Å². The topological polar surface area (TPSA) is 74.3 Å². The van der Waals surface area contributed by atoms with Crippen molar-refractivity contribution in [1.29, 1.82) is 0 Å². The maximum absolute atomic E-state index is 12.4. The maximum Gasteiger partial charge on any atom is 0.277 e. The minimum absolute atomic E-state index is 0.0482. The van der Waals surface area contributed by atoms with Crippen molar-refractivity contribution in [2.24, 2.45) is 10.9 Å². The van der Waals surface area contributed by atoms with E-state index in [4.69, 9.17) is 0 Å². The fourth-order valence-corrected chi connectivity index (χ4v) is 3.01. The molecule has 0 radical (unpaired) electrons. The van der Waals surface area contributed by atoms with Crippen LogP contribution >= 0.6 is 0 Å². The predicted molar refractivity (Wildman–Crippen MR) is 92.7 cm³/mol. The summed E-state index contributed by atoms with van der Waals surface area (Å²) in [6.45, 7) is 1.92. The van der Waals surface area contributed by atoms with Crippen LogP contribution in [0.4, 0.5) is 0 Å². The summed E-state index contributed by atoms with van der Waals surface area (Å²) in [5.74, 6) is -0.406. The molecule has 0 saturated carbocycles. The van der Waals surface area contributed by atoms with Crippen LogP contribution in [0.1, 0.15) is 17.3 Å². The molecule has 1 unspecified atom stereocenters. The van der Waals surface area contributed by atoms with Crippen molar-refractivity contribution in [2.75, 3.05) is 0 Å². The largest absolute Gasteiger partial charge is 0.361 e. The molecule has 1 aromatic heterocycles. The Morgan fingerprint density at radius 2 is 2.08 bits per heavy atom. The lowest BCUT2D eigenvalue weighted by Gasteiger charge is -2.25. The number of hydrogen-bond acceptors (Lipinski definition) is 2. The second-order valence-electron chi connectivity index (χ2n) is 5.94. The summed E-state index contributed by atoms with van der Waals surface area (Å²) in [5.41, 5.74) is 3.69. The number of aromatic nitrogens is 1. The van der Waals surface area contributed by atoms with Gasteiger partial charge in [-0.15, -0.1) is 0 Å². The molecule has 118 valence electrons. The Morgan fingerprint density at radius 1 is 1.21 bits per heavy atom. The molecule has 2 aromatic rings. The van der Waals surface area contributed by atoms with Crippen molar-refractivity contribution >= 4 is 28.4 Å². The van der Waals surface area contributed by atoms with E-state index in [0.717, 1.165) is 22.2 Å². The second-order valence-corrected chi connectivity index (χ2v) is 5.94. The van der Waals surface area contributed by atoms with E-state index in [1.165, 1.54) is 0 Å². The zero-order valence-corrected chi connectivity index (χ0v) is 13.0. The van der Waals surface area contributed by atoms with Crippen LogP contribution in [0.15, 0.2) is 71.0 Å². The van der Waals surface area contributed by atoms with E-state index in [1.807, 2.05) is 37.4 Å². The Bertz CT molecular complexity index is 989. The van der Waals surface area contributed by atoms with Crippen LogP contribution in [0.2, 0.25) is 0 Å². The molecule has 1 aliphatic heterocycles. The highest BCUT2D eigenvalue weighted by Crippen LogP contribution is 2.26. The molecule has 0 saturated heterocycles. The number of fused-ring (bicyclic) bond motifs is 2. The van der Waals surface area contributed by atoms with Crippen molar-refractivity contribution in [3.63, 3.8) is 0 Å². The van der Waals surface area contributed by atoms with Crippen molar-refractivity contribution in [1.82, 2.24) is 10.3 Å². The van der Waals surface area contributed by atoms with Gasteiger partial charge in [0.2, 0.25) is 5.91 Å². The summed E-state index contributed by atoms with van der Waals surface area (Å²) in [4.78, 5) is 31.3. The van der Waals surface area contributed by atoms with E-state index in [9.17, 15) is 9.59 Å². The van der Waals surface area contributed by atoms with E-state index < -0.39 is 0 Å². The van der Waals surface area contributed by atoms with Gasteiger partial charge in [-0.2, -0.15) is 0 Å². The predicted octanol–water partition coefficient (Wildman–Crippen LogP) is 2.90. The molecule has 2 amide bonds. The molecule has 5 nitrogen and oxygen atoms in total. The van der Waals surface area contributed by atoms with Crippen molar-refractivity contribution in [3.05, 3.63) is 71.6 Å². The Morgan fingerprint density at radius 3 is 2.96 bits per heavy atom. The first-order valence-electron chi connectivity index (χ1n) is 7.69. The van der Waals surface area contributed by atoms with Crippen LogP contribution < -0.4 is 5.32 Å². The Kier molecular flexibility index (Phi) is 3.27. The molecule has 0 bridgehead atoms. The van der Waals surface area contributed by atoms with Crippen LogP contribution in [0.25, 0.3) is 10.9 Å². The zero-order valence-electron chi connectivity index (χ0n) is 13.0. The van der Waals surface area contributed by atoms with Gasteiger partial charge in [-0.05, 0) is 42.7 Å². The third-order valence-corrected chi connectivity index (χ3v) is 4.25. The molecule has 2 N–H and O–H groups in total. The molecule has 1 atom stereocenters. The summed E-state index contributed by atoms with van der Waals surface area (Å²) in [6.07, 6.45) is 8.94. The second kappa shape index (κ2) is 5.45. The highest BCUT2D eigenvalue weighted by molar-refractivity contribution is 6.14. The molecule has 2 aliphatic rings. The molecule has 0 fully saturated rings. The Hall–Kier alpha value is -3.21. The molecule has 24 heavy (non-hydrogen) atoms. The summed E-state index contributed by atoms with van der Waals surface area (Å²) in [5, 5.41) is 3.86. The smallest absolute Gasteiger partial charge is 0.277 e. The van der Waals surface area contributed by atoms with Gasteiger partial charge >= 0.3 is 0 Å². The van der Waals surface area contributed by atoms with Gasteiger partial charge in [-0.3, -0.25) is 9.59 Å². The SMILES string of the molecule is CC1=CC(=O)NC2=CC(=NC(=O)c3ccc4cc[nH]c4c3)C=CC12. The monoisotopic (exact) mass is 317 g/mol. The van der Waals surface area contributed by atoms with Crippen LogP contribution in [0.3, 0.4) is 0 Å². The van der Waals surface area contributed by atoms with Gasteiger partial charge in [0, 0.05) is 35.0 Å². The molecule has 1 aliphatic carbocycles. The van der Waals surface area contributed by atoms with Crippen molar-refractivity contribution in [3.8, 4) is 0 Å². The molecule has 4 rings (SSSR count). The van der Waals surface area contributed by atoms with Gasteiger partial charge in [0.1, 0.15) is 0 Å². The number of allylic oxidation sites excluding steroid dienone is 3. The van der Waals surface area contributed by atoms with Gasteiger partial charge in [-0.1, -0.05) is 17.7 Å².